The van der Waals surface area contributed by atoms with Crippen LogP contribution in [-0.2, 0) is 22.7 Å². The monoisotopic (exact) mass is 557 g/mol. The van der Waals surface area contributed by atoms with Crippen LogP contribution in [0.3, 0.4) is 0 Å². The molecule has 0 saturated carbocycles. The van der Waals surface area contributed by atoms with E-state index in [0.29, 0.717) is 25.9 Å². The summed E-state index contributed by atoms with van der Waals surface area (Å²) in [5, 5.41) is 12.2. The lowest BCUT2D eigenvalue weighted by Crippen LogP contribution is -2.38. The Bertz CT molecular complexity index is 1750. The maximum absolute atomic E-state index is 13.8. The summed E-state index contributed by atoms with van der Waals surface area (Å²) in [5.41, 5.74) is 7.85. The van der Waals surface area contributed by atoms with E-state index in [1.54, 1.807) is 12.1 Å². The van der Waals surface area contributed by atoms with Crippen LogP contribution in [-0.4, -0.2) is 26.0 Å². The van der Waals surface area contributed by atoms with Crippen molar-refractivity contribution in [2.45, 2.75) is 57.5 Å². The molecule has 1 aliphatic heterocycles. The number of hydrogen-bond donors (Lipinski definition) is 0. The molecule has 7 rings (SSSR count). The summed E-state index contributed by atoms with van der Waals surface area (Å²) < 4.78 is 2.14. The lowest BCUT2D eigenvalue weighted by molar-refractivity contribution is -0.384. The van der Waals surface area contributed by atoms with Crippen LogP contribution < -0.4 is 0 Å². The van der Waals surface area contributed by atoms with Crippen LogP contribution in [0.25, 0.3) is 10.9 Å². The highest BCUT2D eigenvalue weighted by atomic mass is 16.6. The topological polar surface area (TPSA) is 85.5 Å². The van der Waals surface area contributed by atoms with Crippen LogP contribution in [0.4, 0.5) is 5.69 Å². The van der Waals surface area contributed by atoms with Crippen molar-refractivity contribution in [2.75, 3.05) is 0 Å². The lowest BCUT2D eigenvalue weighted by Gasteiger charge is -2.44. The zero-order valence-corrected chi connectivity index (χ0v) is 23.3. The van der Waals surface area contributed by atoms with Crippen molar-refractivity contribution >= 4 is 28.2 Å². The van der Waals surface area contributed by atoms with Crippen LogP contribution in [0.1, 0.15) is 61.1 Å². The summed E-state index contributed by atoms with van der Waals surface area (Å²) in [6, 6.07) is 25.0. The third-order valence-electron chi connectivity index (χ3n) is 8.90. The minimum absolute atomic E-state index is 0.0598. The van der Waals surface area contributed by atoms with Gasteiger partial charge in [-0.05, 0) is 48.4 Å². The zero-order chi connectivity index (χ0) is 28.8. The molecule has 0 radical (unpaired) electrons. The Kier molecular flexibility index (Phi) is 6.57. The van der Waals surface area contributed by atoms with Gasteiger partial charge in [0.1, 0.15) is 0 Å². The van der Waals surface area contributed by atoms with E-state index < -0.39 is 10.8 Å². The molecule has 2 heterocycles. The SMILES string of the molecule is O=C1CCCC2=C1C(c1cn(Cc3ccc([N+](=O)[O-])cc3)c3ccccc13)C1=C(CCCC1=O)N2Cc1ccccc1. The molecule has 3 aliphatic rings. The second kappa shape index (κ2) is 10.6. The van der Waals surface area contributed by atoms with Crippen molar-refractivity contribution in [3.8, 4) is 0 Å². The number of Topliss-reactive ketones (excluding diaryl/α,β-unsaturated/α-hetero) is 2. The molecule has 0 bridgehead atoms. The first-order valence-electron chi connectivity index (χ1n) is 14.6. The van der Waals surface area contributed by atoms with Gasteiger partial charge in [0.25, 0.3) is 5.69 Å². The molecule has 4 aromatic rings. The Balaban J connectivity index is 1.39. The number of hydrogen-bond acceptors (Lipinski definition) is 5. The fraction of sp³-hybridized carbons (Fsp3) is 0.257. The highest BCUT2D eigenvalue weighted by Crippen LogP contribution is 2.51. The molecule has 2 aliphatic carbocycles. The number of aromatic nitrogens is 1. The second-order valence-corrected chi connectivity index (χ2v) is 11.4. The molecule has 0 unspecified atom stereocenters. The van der Waals surface area contributed by atoms with Gasteiger partial charge in [-0.25, -0.2) is 0 Å². The first-order valence-corrected chi connectivity index (χ1v) is 14.6. The maximum Gasteiger partial charge on any atom is 0.269 e. The number of benzene rings is 3. The minimum atomic E-state index is -0.398. The average Bonchev–Trinajstić information content (AvgIpc) is 3.36. The van der Waals surface area contributed by atoms with Crippen LogP contribution in [0.2, 0.25) is 0 Å². The lowest BCUT2D eigenvalue weighted by atomic mass is 9.71. The number of nitrogens with zero attached hydrogens (tertiary/aromatic N) is 3. The highest BCUT2D eigenvalue weighted by molar-refractivity contribution is 6.07. The van der Waals surface area contributed by atoms with Crippen molar-refractivity contribution in [2.24, 2.45) is 0 Å². The summed E-state index contributed by atoms with van der Waals surface area (Å²) in [5.74, 6) is -0.126. The number of nitro groups is 1. The van der Waals surface area contributed by atoms with Gasteiger partial charge in [-0.3, -0.25) is 19.7 Å². The molecule has 7 nitrogen and oxygen atoms in total. The number of para-hydroxylation sites is 1. The summed E-state index contributed by atoms with van der Waals surface area (Å²) in [4.78, 5) is 40.7. The molecule has 1 aromatic heterocycles. The number of nitro benzene ring substituents is 1. The van der Waals surface area contributed by atoms with Gasteiger partial charge >= 0.3 is 0 Å². The molecule has 42 heavy (non-hydrogen) atoms. The molecular formula is C35H31N3O4. The quantitative estimate of drug-likeness (QED) is 0.185. The standard InChI is InChI=1S/C35H31N3O4/c39-31-14-6-12-29-34(31)33(35-30(13-7-15-32(35)40)37(29)21-23-8-2-1-3-9-23)27-22-36(28-11-5-4-10-26(27)28)20-24-16-18-25(19-17-24)38(41)42/h1-5,8-11,16-19,22,33H,6-7,12-15,20-21H2. The Morgan fingerprint density at radius 3 is 1.95 bits per heavy atom. The van der Waals surface area contributed by atoms with E-state index in [1.807, 2.05) is 30.3 Å². The van der Waals surface area contributed by atoms with E-state index in [4.69, 9.17) is 0 Å². The fourth-order valence-corrected chi connectivity index (χ4v) is 7.04. The van der Waals surface area contributed by atoms with Crippen molar-refractivity contribution in [1.29, 1.82) is 0 Å². The van der Waals surface area contributed by atoms with Gasteiger partial charge in [-0.2, -0.15) is 0 Å². The number of carbonyl (C=O) groups excluding carboxylic acids is 2. The van der Waals surface area contributed by atoms with Crippen molar-refractivity contribution in [3.63, 3.8) is 0 Å². The molecule has 3 aromatic carbocycles. The minimum Gasteiger partial charge on any atom is -0.343 e. The molecule has 0 saturated heterocycles. The summed E-state index contributed by atoms with van der Waals surface area (Å²) in [6.45, 7) is 1.17. The number of fused-ring (bicyclic) bond motifs is 1. The van der Waals surface area contributed by atoms with Gasteiger partial charge in [-0.15, -0.1) is 0 Å². The van der Waals surface area contributed by atoms with Gasteiger partial charge in [0.05, 0.1) is 4.92 Å². The highest BCUT2D eigenvalue weighted by Gasteiger charge is 2.44. The van der Waals surface area contributed by atoms with Crippen LogP contribution in [0, 0.1) is 10.1 Å². The van der Waals surface area contributed by atoms with E-state index >= 15 is 0 Å². The fourth-order valence-electron chi connectivity index (χ4n) is 7.04. The number of ketones is 2. The van der Waals surface area contributed by atoms with Gasteiger partial charge in [0.15, 0.2) is 11.6 Å². The molecule has 0 fully saturated rings. The summed E-state index contributed by atoms with van der Waals surface area (Å²) in [7, 11) is 0. The third-order valence-corrected chi connectivity index (χ3v) is 8.90. The first-order chi connectivity index (χ1) is 20.5. The molecule has 0 spiro atoms. The zero-order valence-electron chi connectivity index (χ0n) is 23.3. The molecule has 0 N–H and O–H groups in total. The summed E-state index contributed by atoms with van der Waals surface area (Å²) >= 11 is 0. The van der Waals surface area contributed by atoms with Crippen molar-refractivity contribution in [3.05, 3.63) is 134 Å². The van der Waals surface area contributed by atoms with E-state index in [1.165, 1.54) is 12.1 Å². The van der Waals surface area contributed by atoms with Crippen LogP contribution in [0.5, 0.6) is 0 Å². The van der Waals surface area contributed by atoms with Crippen molar-refractivity contribution in [1.82, 2.24) is 9.47 Å². The maximum atomic E-state index is 13.8. The van der Waals surface area contributed by atoms with Gasteiger partial charge in [0.2, 0.25) is 0 Å². The largest absolute Gasteiger partial charge is 0.343 e. The number of carbonyl (C=O) groups is 2. The number of allylic oxidation sites excluding steroid dienone is 4. The van der Waals surface area contributed by atoms with Gasteiger partial charge in [-0.1, -0.05) is 60.7 Å². The number of rotatable bonds is 6. The predicted octanol–water partition coefficient (Wildman–Crippen LogP) is 7.21. The Morgan fingerprint density at radius 1 is 0.714 bits per heavy atom. The molecular weight excluding hydrogens is 526 g/mol. The third kappa shape index (κ3) is 4.45. The number of non-ortho nitro benzene ring substituents is 1. The smallest absolute Gasteiger partial charge is 0.269 e. The normalized spacial score (nSPS) is 17.6. The van der Waals surface area contributed by atoms with E-state index in [-0.39, 0.29) is 17.3 Å². The van der Waals surface area contributed by atoms with Crippen LogP contribution >= 0.6 is 0 Å². The Labute approximate surface area is 243 Å². The Hall–Kier alpha value is -4.78. The molecule has 0 amide bonds. The van der Waals surface area contributed by atoms with E-state index in [2.05, 4.69) is 39.9 Å². The molecule has 7 heteroatoms. The van der Waals surface area contributed by atoms with Gasteiger partial charge < -0.3 is 9.47 Å². The second-order valence-electron chi connectivity index (χ2n) is 11.4. The molecule has 210 valence electrons. The average molecular weight is 558 g/mol. The van der Waals surface area contributed by atoms with E-state index in [0.717, 1.165) is 75.8 Å². The van der Waals surface area contributed by atoms with Crippen molar-refractivity contribution < 1.29 is 14.5 Å². The Morgan fingerprint density at radius 2 is 1.31 bits per heavy atom. The summed E-state index contributed by atoms with van der Waals surface area (Å²) in [6.07, 6.45) is 6.35. The predicted molar refractivity (Wildman–Crippen MR) is 161 cm³/mol. The molecule has 0 atom stereocenters. The van der Waals surface area contributed by atoms with Crippen LogP contribution in [0.15, 0.2) is 108 Å². The van der Waals surface area contributed by atoms with E-state index in [9.17, 15) is 19.7 Å². The van der Waals surface area contributed by atoms with Gasteiger partial charge in [0, 0.05) is 83.6 Å². The first kappa shape index (κ1) is 26.1.